The first-order chi connectivity index (χ1) is 6.18. The van der Waals surface area contributed by atoms with E-state index < -0.39 is 10.0 Å². The average molecular weight is 217 g/mol. The summed E-state index contributed by atoms with van der Waals surface area (Å²) in [7, 11) is -3.21. The van der Waals surface area contributed by atoms with Gasteiger partial charge in [0.2, 0.25) is 10.0 Å². The molecule has 1 aromatic rings. The van der Waals surface area contributed by atoms with Crippen LogP contribution in [0.5, 0.6) is 0 Å². The lowest BCUT2D eigenvalue weighted by Gasteiger charge is -2.25. The largest absolute Gasteiger partial charge is 0.250 e. The molecule has 3 nitrogen and oxygen atoms in total. The molecular formula is C8H11NO2S2. The van der Waals surface area contributed by atoms with Gasteiger partial charge >= 0.3 is 0 Å². The minimum atomic E-state index is -3.21. The summed E-state index contributed by atoms with van der Waals surface area (Å²) in [6.45, 7) is 0. The maximum atomic E-state index is 11.6. The summed E-state index contributed by atoms with van der Waals surface area (Å²) >= 11 is 1.26. The molecule has 2 rings (SSSR count). The number of thiophene rings is 1. The molecule has 0 bridgehead atoms. The molecule has 1 aromatic heterocycles. The van der Waals surface area contributed by atoms with Crippen LogP contribution in [0.1, 0.15) is 19.3 Å². The predicted molar refractivity (Wildman–Crippen MR) is 52.3 cm³/mol. The molecular weight excluding hydrogens is 206 g/mol. The number of hydrogen-bond donors (Lipinski definition) is 1. The Kier molecular flexibility index (Phi) is 2.40. The fourth-order valence-electron chi connectivity index (χ4n) is 1.22. The van der Waals surface area contributed by atoms with E-state index in [1.807, 2.05) is 0 Å². The van der Waals surface area contributed by atoms with Crippen molar-refractivity contribution in [1.82, 2.24) is 4.72 Å². The lowest BCUT2D eigenvalue weighted by molar-refractivity contribution is 0.384. The quantitative estimate of drug-likeness (QED) is 0.835. The summed E-state index contributed by atoms with van der Waals surface area (Å²) in [4.78, 5) is 0. The first kappa shape index (κ1) is 9.18. The Morgan fingerprint density at radius 3 is 2.69 bits per heavy atom. The first-order valence-electron chi connectivity index (χ1n) is 4.24. The Labute approximate surface area is 81.8 Å². The lowest BCUT2D eigenvalue weighted by atomic mass is 9.94. The van der Waals surface area contributed by atoms with Crippen molar-refractivity contribution in [3.63, 3.8) is 0 Å². The smallest absolute Gasteiger partial charge is 0.207 e. The van der Waals surface area contributed by atoms with Crippen molar-refractivity contribution in [2.45, 2.75) is 29.5 Å². The second-order valence-electron chi connectivity index (χ2n) is 3.18. The van der Waals surface area contributed by atoms with E-state index in [4.69, 9.17) is 0 Å². The summed E-state index contributed by atoms with van der Waals surface area (Å²) in [5, 5.41) is 1.77. The molecule has 0 atom stereocenters. The summed E-state index contributed by atoms with van der Waals surface area (Å²) in [5.41, 5.74) is 0. The van der Waals surface area contributed by atoms with E-state index in [1.165, 1.54) is 11.3 Å². The fourth-order valence-corrected chi connectivity index (χ4v) is 3.53. The molecule has 0 amide bonds. The molecule has 1 aliphatic carbocycles. The Morgan fingerprint density at radius 2 is 2.23 bits per heavy atom. The van der Waals surface area contributed by atoms with Crippen LogP contribution in [0, 0.1) is 0 Å². The van der Waals surface area contributed by atoms with Gasteiger partial charge in [-0.3, -0.25) is 0 Å². The molecule has 1 fully saturated rings. The normalized spacial score (nSPS) is 18.5. The summed E-state index contributed by atoms with van der Waals surface area (Å²) in [5.74, 6) is 0. The van der Waals surface area contributed by atoms with Crippen molar-refractivity contribution in [3.8, 4) is 0 Å². The molecule has 0 radical (unpaired) electrons. The van der Waals surface area contributed by atoms with Crippen molar-refractivity contribution < 1.29 is 8.42 Å². The molecule has 1 N–H and O–H groups in total. The van der Waals surface area contributed by atoms with E-state index in [1.54, 1.807) is 17.5 Å². The topological polar surface area (TPSA) is 46.2 Å². The molecule has 0 saturated heterocycles. The fraction of sp³-hybridized carbons (Fsp3) is 0.500. The highest BCUT2D eigenvalue weighted by Gasteiger charge is 2.24. The van der Waals surface area contributed by atoms with Crippen LogP contribution in [0.2, 0.25) is 0 Å². The number of hydrogen-bond acceptors (Lipinski definition) is 3. The van der Waals surface area contributed by atoms with Crippen molar-refractivity contribution in [2.24, 2.45) is 0 Å². The van der Waals surface area contributed by atoms with E-state index in [-0.39, 0.29) is 6.04 Å². The molecule has 0 aromatic carbocycles. The number of nitrogens with one attached hydrogen (secondary N) is 1. The van der Waals surface area contributed by atoms with Crippen LogP contribution >= 0.6 is 11.3 Å². The molecule has 1 aliphatic rings. The molecule has 1 heterocycles. The zero-order valence-electron chi connectivity index (χ0n) is 7.06. The van der Waals surface area contributed by atoms with Crippen LogP contribution in [0.25, 0.3) is 0 Å². The van der Waals surface area contributed by atoms with Crippen LogP contribution < -0.4 is 4.72 Å². The van der Waals surface area contributed by atoms with Gasteiger partial charge in [0.1, 0.15) is 4.21 Å². The minimum absolute atomic E-state index is 0.173. The second kappa shape index (κ2) is 3.40. The van der Waals surface area contributed by atoms with E-state index in [0.717, 1.165) is 19.3 Å². The third kappa shape index (κ3) is 1.92. The maximum absolute atomic E-state index is 11.6. The predicted octanol–water partition coefficient (Wildman–Crippen LogP) is 1.58. The van der Waals surface area contributed by atoms with Crippen molar-refractivity contribution in [2.75, 3.05) is 0 Å². The van der Waals surface area contributed by atoms with Gasteiger partial charge in [-0.2, -0.15) is 0 Å². The van der Waals surface area contributed by atoms with Gasteiger partial charge in [-0.25, -0.2) is 13.1 Å². The summed E-state index contributed by atoms with van der Waals surface area (Å²) in [6.07, 6.45) is 3.09. The minimum Gasteiger partial charge on any atom is -0.207 e. The maximum Gasteiger partial charge on any atom is 0.250 e. The Balaban J connectivity index is 2.12. The molecule has 0 spiro atoms. The molecule has 13 heavy (non-hydrogen) atoms. The zero-order valence-corrected chi connectivity index (χ0v) is 8.70. The SMILES string of the molecule is O=S(=O)(NC1CCC1)c1cccs1. The highest BCUT2D eigenvalue weighted by atomic mass is 32.2. The highest BCUT2D eigenvalue weighted by molar-refractivity contribution is 7.91. The van der Waals surface area contributed by atoms with Gasteiger partial charge in [-0.1, -0.05) is 12.5 Å². The Morgan fingerprint density at radius 1 is 1.46 bits per heavy atom. The summed E-state index contributed by atoms with van der Waals surface area (Å²) in [6, 6.07) is 3.55. The van der Waals surface area contributed by atoms with Gasteiger partial charge in [0.25, 0.3) is 0 Å². The van der Waals surface area contributed by atoms with Crippen LogP contribution in [0.3, 0.4) is 0 Å². The van der Waals surface area contributed by atoms with E-state index in [9.17, 15) is 8.42 Å². The Bertz CT molecular complexity index is 365. The number of rotatable bonds is 3. The van der Waals surface area contributed by atoms with Gasteiger partial charge < -0.3 is 0 Å². The van der Waals surface area contributed by atoms with E-state index in [2.05, 4.69) is 4.72 Å². The van der Waals surface area contributed by atoms with Crippen molar-refractivity contribution >= 4 is 21.4 Å². The van der Waals surface area contributed by atoms with Gasteiger partial charge in [-0.05, 0) is 24.3 Å². The van der Waals surface area contributed by atoms with Crippen molar-refractivity contribution in [3.05, 3.63) is 17.5 Å². The first-order valence-corrected chi connectivity index (χ1v) is 6.60. The van der Waals surface area contributed by atoms with Crippen molar-refractivity contribution in [1.29, 1.82) is 0 Å². The molecule has 72 valence electrons. The van der Waals surface area contributed by atoms with E-state index in [0.29, 0.717) is 4.21 Å². The van der Waals surface area contributed by atoms with Gasteiger partial charge in [0.15, 0.2) is 0 Å². The highest BCUT2D eigenvalue weighted by Crippen LogP contribution is 2.22. The molecule has 0 aliphatic heterocycles. The molecule has 1 saturated carbocycles. The average Bonchev–Trinajstić information content (AvgIpc) is 2.49. The monoisotopic (exact) mass is 217 g/mol. The second-order valence-corrected chi connectivity index (χ2v) is 6.07. The van der Waals surface area contributed by atoms with Crippen LogP contribution in [0.15, 0.2) is 21.7 Å². The van der Waals surface area contributed by atoms with Gasteiger partial charge in [0.05, 0.1) is 0 Å². The van der Waals surface area contributed by atoms with Crippen LogP contribution in [-0.2, 0) is 10.0 Å². The third-order valence-corrected chi connectivity index (χ3v) is 5.10. The lowest BCUT2D eigenvalue weighted by Crippen LogP contribution is -2.39. The van der Waals surface area contributed by atoms with Crippen LogP contribution in [0.4, 0.5) is 0 Å². The Hall–Kier alpha value is -0.390. The van der Waals surface area contributed by atoms with Crippen LogP contribution in [-0.4, -0.2) is 14.5 Å². The van der Waals surface area contributed by atoms with Gasteiger partial charge in [0, 0.05) is 6.04 Å². The van der Waals surface area contributed by atoms with Gasteiger partial charge in [-0.15, -0.1) is 11.3 Å². The number of sulfonamides is 1. The molecule has 0 unspecified atom stereocenters. The molecule has 5 heteroatoms. The summed E-state index contributed by atoms with van der Waals surface area (Å²) < 4.78 is 26.3. The zero-order chi connectivity index (χ0) is 9.31. The standard InChI is InChI=1S/C8H11NO2S2/c10-13(11,8-5-2-6-12-8)9-7-3-1-4-7/h2,5-7,9H,1,3-4H2. The van der Waals surface area contributed by atoms with E-state index >= 15 is 0 Å². The third-order valence-electron chi connectivity index (χ3n) is 2.19.